The van der Waals surface area contributed by atoms with Gasteiger partial charge in [0.05, 0.1) is 25.9 Å². The van der Waals surface area contributed by atoms with Crippen LogP contribution in [0.25, 0.3) is 0 Å². The summed E-state index contributed by atoms with van der Waals surface area (Å²) in [6.07, 6.45) is 1.11. The molecule has 3 heteroatoms. The lowest BCUT2D eigenvalue weighted by Gasteiger charge is -2.19. The molecular formula is C16H25NO2. The fourth-order valence-electron chi connectivity index (χ4n) is 2.94. The van der Waals surface area contributed by atoms with E-state index in [1.54, 1.807) is 0 Å². The van der Waals surface area contributed by atoms with Crippen molar-refractivity contribution in [1.82, 2.24) is 0 Å². The molecule has 1 heterocycles. The Labute approximate surface area is 116 Å². The Hall–Kier alpha value is -0.900. The monoisotopic (exact) mass is 263 g/mol. The van der Waals surface area contributed by atoms with Crippen LogP contribution in [-0.2, 0) is 9.47 Å². The average Bonchev–Trinajstić information content (AvgIpc) is 2.80. The lowest BCUT2D eigenvalue weighted by molar-refractivity contribution is 0.0807. The second-order valence-electron chi connectivity index (χ2n) is 5.69. The van der Waals surface area contributed by atoms with Crippen LogP contribution in [0, 0.1) is 26.7 Å². The van der Waals surface area contributed by atoms with Crippen molar-refractivity contribution in [3.63, 3.8) is 0 Å². The van der Waals surface area contributed by atoms with Crippen LogP contribution >= 0.6 is 0 Å². The molecule has 0 spiro atoms. The van der Waals surface area contributed by atoms with Crippen molar-refractivity contribution in [3.05, 3.63) is 34.4 Å². The van der Waals surface area contributed by atoms with Gasteiger partial charge in [-0.2, -0.15) is 0 Å². The molecule has 1 aliphatic rings. The Morgan fingerprint density at radius 1 is 1.32 bits per heavy atom. The highest BCUT2D eigenvalue weighted by atomic mass is 16.5. The summed E-state index contributed by atoms with van der Waals surface area (Å²) in [4.78, 5) is 0. The minimum atomic E-state index is -0.0390. The molecule has 0 aliphatic carbocycles. The third kappa shape index (κ3) is 3.78. The van der Waals surface area contributed by atoms with E-state index in [1.807, 2.05) is 0 Å². The van der Waals surface area contributed by atoms with Gasteiger partial charge in [0, 0.05) is 12.5 Å². The van der Waals surface area contributed by atoms with Crippen LogP contribution in [0.15, 0.2) is 12.1 Å². The van der Waals surface area contributed by atoms with Crippen LogP contribution in [-0.4, -0.2) is 26.4 Å². The average molecular weight is 263 g/mol. The van der Waals surface area contributed by atoms with Gasteiger partial charge in [0.2, 0.25) is 0 Å². The summed E-state index contributed by atoms with van der Waals surface area (Å²) in [5.41, 5.74) is 11.3. The van der Waals surface area contributed by atoms with E-state index in [2.05, 4.69) is 32.9 Å². The summed E-state index contributed by atoms with van der Waals surface area (Å²) in [5, 5.41) is 0. The van der Waals surface area contributed by atoms with E-state index in [4.69, 9.17) is 15.2 Å². The summed E-state index contributed by atoms with van der Waals surface area (Å²) < 4.78 is 11.1. The van der Waals surface area contributed by atoms with Gasteiger partial charge >= 0.3 is 0 Å². The van der Waals surface area contributed by atoms with Crippen molar-refractivity contribution < 1.29 is 9.47 Å². The lowest BCUT2D eigenvalue weighted by atomic mass is 9.95. The smallest absolute Gasteiger partial charge is 0.0659 e. The number of aryl methyl sites for hydroxylation is 3. The maximum absolute atomic E-state index is 6.28. The number of nitrogens with two attached hydrogens (primary N) is 1. The summed E-state index contributed by atoms with van der Waals surface area (Å²) >= 11 is 0. The standard InChI is InChI=1S/C16H25NO2/c1-11-6-12(2)16(13(3)7-11)15(17)10-19-9-14-4-5-18-8-14/h6-7,14-15H,4-5,8-10,17H2,1-3H3. The lowest BCUT2D eigenvalue weighted by Crippen LogP contribution is -2.21. The Kier molecular flexibility index (Phi) is 4.97. The summed E-state index contributed by atoms with van der Waals surface area (Å²) in [6, 6.07) is 4.34. The molecule has 2 N–H and O–H groups in total. The minimum Gasteiger partial charge on any atom is -0.381 e. The third-order valence-electron chi connectivity index (χ3n) is 3.78. The third-order valence-corrected chi connectivity index (χ3v) is 3.78. The molecule has 1 fully saturated rings. The zero-order valence-corrected chi connectivity index (χ0v) is 12.2. The van der Waals surface area contributed by atoms with Gasteiger partial charge in [0.1, 0.15) is 0 Å². The van der Waals surface area contributed by atoms with Crippen molar-refractivity contribution in [2.75, 3.05) is 26.4 Å². The van der Waals surface area contributed by atoms with Crippen LogP contribution in [0.1, 0.15) is 34.7 Å². The molecule has 1 aromatic rings. The van der Waals surface area contributed by atoms with E-state index in [-0.39, 0.29) is 6.04 Å². The van der Waals surface area contributed by atoms with Gasteiger partial charge in [-0.15, -0.1) is 0 Å². The maximum Gasteiger partial charge on any atom is 0.0659 e. The van der Waals surface area contributed by atoms with E-state index < -0.39 is 0 Å². The van der Waals surface area contributed by atoms with E-state index in [0.717, 1.165) is 26.2 Å². The van der Waals surface area contributed by atoms with E-state index in [0.29, 0.717) is 12.5 Å². The Morgan fingerprint density at radius 3 is 2.58 bits per heavy atom. The number of hydrogen-bond acceptors (Lipinski definition) is 3. The largest absolute Gasteiger partial charge is 0.381 e. The molecule has 1 saturated heterocycles. The molecule has 0 aromatic heterocycles. The number of rotatable bonds is 5. The van der Waals surface area contributed by atoms with Gasteiger partial charge in [0.15, 0.2) is 0 Å². The summed E-state index contributed by atoms with van der Waals surface area (Å²) in [7, 11) is 0. The first-order valence-corrected chi connectivity index (χ1v) is 7.06. The van der Waals surface area contributed by atoms with Crippen molar-refractivity contribution in [2.45, 2.75) is 33.2 Å². The molecule has 2 atom stereocenters. The highest BCUT2D eigenvalue weighted by Gasteiger charge is 2.17. The first kappa shape index (κ1) is 14.5. The molecule has 3 nitrogen and oxygen atoms in total. The molecule has 0 bridgehead atoms. The van der Waals surface area contributed by atoms with E-state index in [1.165, 1.54) is 22.3 Å². The van der Waals surface area contributed by atoms with Crippen LogP contribution in [0.5, 0.6) is 0 Å². The van der Waals surface area contributed by atoms with Crippen LogP contribution < -0.4 is 5.73 Å². The van der Waals surface area contributed by atoms with Crippen molar-refractivity contribution in [1.29, 1.82) is 0 Å². The summed E-state index contributed by atoms with van der Waals surface area (Å²) in [5.74, 6) is 0.549. The Balaban J connectivity index is 1.90. The predicted octanol–water partition coefficient (Wildman–Crippen LogP) is 2.66. The van der Waals surface area contributed by atoms with Crippen LogP contribution in [0.4, 0.5) is 0 Å². The fraction of sp³-hybridized carbons (Fsp3) is 0.625. The maximum atomic E-state index is 6.28. The normalized spacial score (nSPS) is 20.7. The van der Waals surface area contributed by atoms with Gasteiger partial charge in [-0.1, -0.05) is 17.7 Å². The highest BCUT2D eigenvalue weighted by Crippen LogP contribution is 2.22. The van der Waals surface area contributed by atoms with E-state index >= 15 is 0 Å². The van der Waals surface area contributed by atoms with Gasteiger partial charge in [-0.3, -0.25) is 0 Å². The first-order valence-electron chi connectivity index (χ1n) is 7.06. The van der Waals surface area contributed by atoms with E-state index in [9.17, 15) is 0 Å². The molecule has 0 saturated carbocycles. The number of benzene rings is 1. The quantitative estimate of drug-likeness (QED) is 0.888. The molecule has 1 aromatic carbocycles. The molecule has 0 amide bonds. The van der Waals surface area contributed by atoms with Crippen molar-refractivity contribution >= 4 is 0 Å². The zero-order chi connectivity index (χ0) is 13.8. The fourth-order valence-corrected chi connectivity index (χ4v) is 2.94. The summed E-state index contributed by atoms with van der Waals surface area (Å²) in [6.45, 7) is 9.42. The highest BCUT2D eigenvalue weighted by molar-refractivity contribution is 5.39. The van der Waals surface area contributed by atoms with Crippen LogP contribution in [0.2, 0.25) is 0 Å². The molecule has 1 aliphatic heterocycles. The van der Waals surface area contributed by atoms with Crippen molar-refractivity contribution in [2.24, 2.45) is 11.7 Å². The Morgan fingerprint density at radius 2 is 2.00 bits per heavy atom. The molecule has 19 heavy (non-hydrogen) atoms. The van der Waals surface area contributed by atoms with Crippen molar-refractivity contribution in [3.8, 4) is 0 Å². The van der Waals surface area contributed by atoms with Gasteiger partial charge in [-0.25, -0.2) is 0 Å². The SMILES string of the molecule is Cc1cc(C)c(C(N)COCC2CCOC2)c(C)c1. The number of ether oxygens (including phenoxy) is 2. The molecular weight excluding hydrogens is 238 g/mol. The van der Waals surface area contributed by atoms with Gasteiger partial charge < -0.3 is 15.2 Å². The van der Waals surface area contributed by atoms with Crippen LogP contribution in [0.3, 0.4) is 0 Å². The van der Waals surface area contributed by atoms with Gasteiger partial charge in [0.25, 0.3) is 0 Å². The predicted molar refractivity (Wildman–Crippen MR) is 77.3 cm³/mol. The molecule has 2 rings (SSSR count). The second-order valence-corrected chi connectivity index (χ2v) is 5.69. The Bertz CT molecular complexity index is 402. The van der Waals surface area contributed by atoms with Gasteiger partial charge in [-0.05, 0) is 43.9 Å². The molecule has 0 radical (unpaired) electrons. The topological polar surface area (TPSA) is 44.5 Å². The first-order chi connectivity index (χ1) is 9.08. The zero-order valence-electron chi connectivity index (χ0n) is 12.2. The molecule has 106 valence electrons. The second kappa shape index (κ2) is 6.51. The molecule has 2 unspecified atom stereocenters. The number of hydrogen-bond donors (Lipinski definition) is 1. The minimum absolute atomic E-state index is 0.0390.